The minimum absolute atomic E-state index is 0.0232. The van der Waals surface area contributed by atoms with Crippen LogP contribution in [0, 0.1) is 23.5 Å². The number of ether oxygens (including phenoxy) is 2. The van der Waals surface area contributed by atoms with E-state index in [0.717, 1.165) is 50.7 Å². The number of halogens is 2. The van der Waals surface area contributed by atoms with E-state index < -0.39 is 17.7 Å². The summed E-state index contributed by atoms with van der Waals surface area (Å²) >= 11 is 0. The van der Waals surface area contributed by atoms with Crippen LogP contribution in [0.4, 0.5) is 20.4 Å². The van der Waals surface area contributed by atoms with E-state index in [4.69, 9.17) is 14.5 Å². The third kappa shape index (κ3) is 4.23. The molecule has 2 aliphatic heterocycles. The molecule has 184 valence electrons. The van der Waals surface area contributed by atoms with Crippen LogP contribution in [0.15, 0.2) is 30.5 Å². The van der Waals surface area contributed by atoms with Crippen molar-refractivity contribution in [2.24, 2.45) is 11.8 Å². The molecule has 1 unspecified atom stereocenters. The van der Waals surface area contributed by atoms with E-state index in [9.17, 15) is 8.78 Å². The van der Waals surface area contributed by atoms with E-state index in [1.165, 1.54) is 12.1 Å². The molecule has 1 aromatic carbocycles. The van der Waals surface area contributed by atoms with Crippen molar-refractivity contribution in [1.29, 1.82) is 0 Å². The topological polar surface area (TPSA) is 90.2 Å². The van der Waals surface area contributed by atoms with Gasteiger partial charge in [-0.2, -0.15) is 10.1 Å². The zero-order chi connectivity index (χ0) is 23.9. The molecule has 3 aliphatic rings. The summed E-state index contributed by atoms with van der Waals surface area (Å²) in [5.41, 5.74) is 1.02. The number of benzene rings is 1. The predicted octanol–water partition coefficient (Wildman–Crippen LogP) is 3.60. The van der Waals surface area contributed by atoms with Crippen molar-refractivity contribution >= 4 is 11.6 Å². The van der Waals surface area contributed by atoms with Crippen molar-refractivity contribution in [3.05, 3.63) is 47.9 Å². The Kier molecular flexibility index (Phi) is 5.62. The van der Waals surface area contributed by atoms with Gasteiger partial charge in [-0.15, -0.1) is 10.2 Å². The standard InChI is InChI=1S/C24H27F2N7O2/c1-34-21-10-17(11-27-30-21)32-12-14-4-5-15(13-32)22(14)28-24-29-23-20(3-2-8-33(23)31-24)35-19-7-6-16(25)9-18(19)26/h6-7,9-11,14-15,20,22H,2-5,8,12-13H2,1H3,(H,28,31)/t14-,15+,20-,22?/m0/s1. The first kappa shape index (κ1) is 22.0. The first-order chi connectivity index (χ1) is 17.1. The van der Waals surface area contributed by atoms with Gasteiger partial charge in [-0.05, 0) is 49.7 Å². The van der Waals surface area contributed by atoms with Gasteiger partial charge in [-0.3, -0.25) is 0 Å². The minimum atomic E-state index is -0.717. The minimum Gasteiger partial charge on any atom is -0.480 e. The summed E-state index contributed by atoms with van der Waals surface area (Å²) in [4.78, 5) is 7.09. The number of rotatable bonds is 6. The number of anilines is 2. The average molecular weight is 484 g/mol. The third-order valence-corrected chi connectivity index (χ3v) is 7.31. The first-order valence-corrected chi connectivity index (χ1v) is 12.0. The molecule has 0 amide bonds. The van der Waals surface area contributed by atoms with Gasteiger partial charge in [-0.25, -0.2) is 13.5 Å². The van der Waals surface area contributed by atoms with Gasteiger partial charge < -0.3 is 19.7 Å². The van der Waals surface area contributed by atoms with E-state index in [1.807, 2.05) is 10.7 Å². The second kappa shape index (κ2) is 8.94. The summed E-state index contributed by atoms with van der Waals surface area (Å²) < 4.78 is 40.4. The molecule has 2 aromatic heterocycles. The lowest BCUT2D eigenvalue weighted by atomic mass is 9.92. The molecule has 0 radical (unpaired) electrons. The molecule has 2 fully saturated rings. The highest BCUT2D eigenvalue weighted by Gasteiger charge is 2.43. The summed E-state index contributed by atoms with van der Waals surface area (Å²) in [6.07, 6.45) is 5.16. The molecule has 35 heavy (non-hydrogen) atoms. The van der Waals surface area contributed by atoms with Crippen LogP contribution in [0.25, 0.3) is 0 Å². The van der Waals surface area contributed by atoms with E-state index in [1.54, 1.807) is 13.3 Å². The smallest absolute Gasteiger partial charge is 0.242 e. The van der Waals surface area contributed by atoms with Crippen molar-refractivity contribution < 1.29 is 18.3 Å². The van der Waals surface area contributed by atoms with Gasteiger partial charge in [0.25, 0.3) is 0 Å². The second-order valence-electron chi connectivity index (χ2n) is 9.47. The van der Waals surface area contributed by atoms with Gasteiger partial charge in [0.15, 0.2) is 23.5 Å². The largest absolute Gasteiger partial charge is 0.480 e. The summed E-state index contributed by atoms with van der Waals surface area (Å²) in [5, 5.41) is 16.3. The molecular weight excluding hydrogens is 456 g/mol. The molecule has 0 spiro atoms. The number of aryl methyl sites for hydroxylation is 1. The second-order valence-corrected chi connectivity index (χ2v) is 9.47. The number of aromatic nitrogens is 5. The Morgan fingerprint density at radius 3 is 2.69 bits per heavy atom. The number of methoxy groups -OCH3 is 1. The Hall–Kier alpha value is -3.50. The third-order valence-electron chi connectivity index (χ3n) is 7.31. The molecule has 3 aromatic rings. The fraction of sp³-hybridized carbons (Fsp3) is 0.500. The van der Waals surface area contributed by atoms with Crippen LogP contribution in [-0.4, -0.2) is 51.2 Å². The van der Waals surface area contributed by atoms with E-state index in [2.05, 4.69) is 25.5 Å². The maximum atomic E-state index is 14.1. The molecule has 11 heteroatoms. The number of hydrogen-bond donors (Lipinski definition) is 1. The van der Waals surface area contributed by atoms with Crippen LogP contribution in [-0.2, 0) is 6.54 Å². The average Bonchev–Trinajstić information content (AvgIpc) is 3.37. The van der Waals surface area contributed by atoms with Crippen LogP contribution in [0.2, 0.25) is 0 Å². The van der Waals surface area contributed by atoms with E-state index in [-0.39, 0.29) is 11.8 Å². The fourth-order valence-electron chi connectivity index (χ4n) is 5.64. The predicted molar refractivity (Wildman–Crippen MR) is 123 cm³/mol. The van der Waals surface area contributed by atoms with Gasteiger partial charge in [0.2, 0.25) is 11.8 Å². The number of nitrogens with one attached hydrogen (secondary N) is 1. The molecular formula is C24H27F2N7O2. The van der Waals surface area contributed by atoms with Crippen molar-refractivity contribution in [2.75, 3.05) is 30.4 Å². The van der Waals surface area contributed by atoms with Crippen molar-refractivity contribution in [3.63, 3.8) is 0 Å². The molecule has 1 saturated heterocycles. The Morgan fingerprint density at radius 1 is 1.09 bits per heavy atom. The van der Waals surface area contributed by atoms with Crippen molar-refractivity contribution in [3.8, 4) is 11.6 Å². The number of piperidine rings is 1. The van der Waals surface area contributed by atoms with Gasteiger partial charge in [-0.1, -0.05) is 0 Å². The van der Waals surface area contributed by atoms with Crippen LogP contribution in [0.3, 0.4) is 0 Å². The number of nitrogens with zero attached hydrogens (tertiary/aromatic N) is 6. The first-order valence-electron chi connectivity index (χ1n) is 12.0. The molecule has 1 aliphatic carbocycles. The number of fused-ring (bicyclic) bond motifs is 3. The van der Waals surface area contributed by atoms with Gasteiger partial charge in [0, 0.05) is 37.8 Å². The lowest BCUT2D eigenvalue weighted by Crippen LogP contribution is -2.48. The number of hydrogen-bond acceptors (Lipinski definition) is 8. The van der Waals surface area contributed by atoms with Crippen LogP contribution < -0.4 is 19.7 Å². The summed E-state index contributed by atoms with van der Waals surface area (Å²) in [6, 6.07) is 5.55. The van der Waals surface area contributed by atoms with E-state index >= 15 is 0 Å². The summed E-state index contributed by atoms with van der Waals surface area (Å²) in [6.45, 7) is 2.55. The highest BCUT2D eigenvalue weighted by atomic mass is 19.1. The Balaban J connectivity index is 1.16. The van der Waals surface area contributed by atoms with Crippen molar-refractivity contribution in [2.45, 2.75) is 44.4 Å². The molecule has 1 N–H and O–H groups in total. The molecule has 6 rings (SSSR count). The van der Waals surface area contributed by atoms with Gasteiger partial charge >= 0.3 is 0 Å². The van der Waals surface area contributed by atoms with Crippen LogP contribution in [0.5, 0.6) is 11.6 Å². The Morgan fingerprint density at radius 2 is 1.91 bits per heavy atom. The summed E-state index contributed by atoms with van der Waals surface area (Å²) in [7, 11) is 1.59. The highest BCUT2D eigenvalue weighted by Crippen LogP contribution is 2.40. The quantitative estimate of drug-likeness (QED) is 0.569. The van der Waals surface area contributed by atoms with Gasteiger partial charge in [0.05, 0.1) is 19.0 Å². The fourth-order valence-corrected chi connectivity index (χ4v) is 5.64. The SMILES string of the molecule is COc1cc(N2C[C@H]3CC[C@@H](C2)C3Nc2nc3n(n2)CCC[C@@H]3Oc2ccc(F)cc2F)cnn1. The van der Waals surface area contributed by atoms with Crippen LogP contribution in [0.1, 0.15) is 37.6 Å². The Labute approximate surface area is 201 Å². The lowest BCUT2D eigenvalue weighted by molar-refractivity contribution is 0.149. The zero-order valence-electron chi connectivity index (χ0n) is 19.4. The highest BCUT2D eigenvalue weighted by molar-refractivity contribution is 5.48. The zero-order valence-corrected chi connectivity index (χ0v) is 19.4. The van der Waals surface area contributed by atoms with Gasteiger partial charge in [0.1, 0.15) is 5.82 Å². The maximum absolute atomic E-state index is 14.1. The molecule has 4 heterocycles. The molecule has 2 bridgehead atoms. The Bertz CT molecular complexity index is 1210. The van der Waals surface area contributed by atoms with E-state index in [0.29, 0.717) is 35.9 Å². The van der Waals surface area contributed by atoms with Crippen LogP contribution >= 0.6 is 0 Å². The molecule has 4 atom stereocenters. The molecule has 1 saturated carbocycles. The summed E-state index contributed by atoms with van der Waals surface area (Å²) in [5.74, 6) is 1.34. The monoisotopic (exact) mass is 483 g/mol. The lowest BCUT2D eigenvalue weighted by Gasteiger charge is -2.39. The normalized spacial score (nSPS) is 25.3. The van der Waals surface area contributed by atoms with Crippen molar-refractivity contribution in [1.82, 2.24) is 25.0 Å². The molecule has 9 nitrogen and oxygen atoms in total. The maximum Gasteiger partial charge on any atom is 0.242 e.